The first-order valence-electron chi connectivity index (χ1n) is 4.85. The summed E-state index contributed by atoms with van der Waals surface area (Å²) in [5.41, 5.74) is 2.32. The Morgan fingerprint density at radius 2 is 1.88 bits per heavy atom. The molecule has 3 nitrogen and oxygen atoms in total. The Hall–Kier alpha value is -1.68. The van der Waals surface area contributed by atoms with Gasteiger partial charge in [-0.25, -0.2) is 9.78 Å². The number of aryl methyl sites for hydroxylation is 2. The van der Waals surface area contributed by atoms with Crippen LogP contribution >= 0.6 is 11.3 Å². The molecule has 16 heavy (non-hydrogen) atoms. The van der Waals surface area contributed by atoms with Crippen molar-refractivity contribution >= 4 is 17.3 Å². The minimum atomic E-state index is -0.899. The van der Waals surface area contributed by atoms with Gasteiger partial charge in [0, 0.05) is 0 Å². The van der Waals surface area contributed by atoms with Crippen LogP contribution in [0.25, 0.3) is 10.4 Å². The van der Waals surface area contributed by atoms with Crippen LogP contribution in [-0.4, -0.2) is 16.1 Å². The van der Waals surface area contributed by atoms with E-state index in [2.05, 4.69) is 4.98 Å². The minimum absolute atomic E-state index is 0.308. The number of rotatable bonds is 2. The maximum absolute atomic E-state index is 10.7. The summed E-state index contributed by atoms with van der Waals surface area (Å²) in [5, 5.41) is 9.82. The lowest BCUT2D eigenvalue weighted by atomic mass is 10.1. The number of aromatic carboxylic acids is 1. The third-order valence-corrected chi connectivity index (χ3v) is 3.42. The molecule has 0 aliphatic rings. The van der Waals surface area contributed by atoms with Gasteiger partial charge in [-0.1, -0.05) is 12.1 Å². The topological polar surface area (TPSA) is 50.2 Å². The summed E-state index contributed by atoms with van der Waals surface area (Å²) in [7, 11) is 0. The van der Waals surface area contributed by atoms with Crippen LogP contribution in [0.5, 0.6) is 0 Å². The lowest BCUT2D eigenvalue weighted by Crippen LogP contribution is -1.94. The van der Waals surface area contributed by atoms with Crippen molar-refractivity contribution in [2.45, 2.75) is 13.8 Å². The number of nitrogens with zero attached hydrogens (tertiary/aromatic N) is 1. The third-order valence-electron chi connectivity index (χ3n) is 2.30. The summed E-state index contributed by atoms with van der Waals surface area (Å²) in [6.45, 7) is 3.93. The highest BCUT2D eigenvalue weighted by molar-refractivity contribution is 7.15. The van der Waals surface area contributed by atoms with Crippen molar-refractivity contribution in [2.24, 2.45) is 0 Å². The van der Waals surface area contributed by atoms with Crippen LogP contribution in [0.3, 0.4) is 0 Å². The van der Waals surface area contributed by atoms with Gasteiger partial charge < -0.3 is 5.11 Å². The Labute approximate surface area is 97.4 Å². The first-order chi connectivity index (χ1) is 7.58. The predicted octanol–water partition coefficient (Wildman–Crippen LogP) is 3.13. The molecule has 0 radical (unpaired) electrons. The fraction of sp³-hybridized carbons (Fsp3) is 0.167. The molecule has 2 rings (SSSR count). The molecule has 0 spiro atoms. The zero-order chi connectivity index (χ0) is 11.7. The van der Waals surface area contributed by atoms with Gasteiger partial charge in [-0.05, 0) is 31.5 Å². The summed E-state index contributed by atoms with van der Waals surface area (Å²) in [5.74, 6) is -0.899. The molecule has 0 amide bonds. The molecule has 0 atom stereocenters. The zero-order valence-electron chi connectivity index (χ0n) is 9.02. The van der Waals surface area contributed by atoms with Gasteiger partial charge in [-0.15, -0.1) is 11.3 Å². The van der Waals surface area contributed by atoms with E-state index in [1.165, 1.54) is 0 Å². The van der Waals surface area contributed by atoms with E-state index in [4.69, 9.17) is 5.11 Å². The normalized spacial score (nSPS) is 10.4. The summed E-state index contributed by atoms with van der Waals surface area (Å²) in [6.07, 6.45) is 0. The number of aromatic nitrogens is 1. The molecule has 0 saturated heterocycles. The van der Waals surface area contributed by atoms with Crippen molar-refractivity contribution in [1.82, 2.24) is 4.98 Å². The fourth-order valence-electron chi connectivity index (χ4n) is 1.56. The molecule has 0 aliphatic carbocycles. The van der Waals surface area contributed by atoms with Gasteiger partial charge in [0.2, 0.25) is 0 Å². The molecule has 0 fully saturated rings. The largest absolute Gasteiger partial charge is 0.478 e. The van der Waals surface area contributed by atoms with Crippen LogP contribution in [0.1, 0.15) is 21.1 Å². The van der Waals surface area contributed by atoms with Crippen molar-refractivity contribution in [2.75, 3.05) is 0 Å². The van der Waals surface area contributed by atoms with Gasteiger partial charge >= 0.3 is 5.97 Å². The first-order valence-corrected chi connectivity index (χ1v) is 5.67. The number of carbonyl (C=O) groups is 1. The molecule has 1 heterocycles. The molecule has 0 unspecified atom stereocenters. The number of thiazole rings is 1. The average Bonchev–Trinajstić information content (AvgIpc) is 2.58. The zero-order valence-corrected chi connectivity index (χ0v) is 9.84. The van der Waals surface area contributed by atoms with Crippen molar-refractivity contribution in [3.8, 4) is 10.4 Å². The van der Waals surface area contributed by atoms with Crippen LogP contribution in [0, 0.1) is 13.8 Å². The molecule has 0 saturated carbocycles. The fourth-order valence-corrected chi connectivity index (χ4v) is 2.49. The number of carboxylic acid groups (broad SMARTS) is 1. The van der Waals surface area contributed by atoms with E-state index in [-0.39, 0.29) is 0 Å². The van der Waals surface area contributed by atoms with Crippen molar-refractivity contribution in [3.63, 3.8) is 0 Å². The first kappa shape index (κ1) is 10.8. The van der Waals surface area contributed by atoms with Gasteiger partial charge in [0.25, 0.3) is 0 Å². The minimum Gasteiger partial charge on any atom is -0.478 e. The average molecular weight is 233 g/mol. The van der Waals surface area contributed by atoms with Crippen LogP contribution in [0.4, 0.5) is 0 Å². The monoisotopic (exact) mass is 233 g/mol. The highest BCUT2D eigenvalue weighted by Crippen LogP contribution is 2.29. The second-order valence-corrected chi connectivity index (χ2v) is 4.73. The Morgan fingerprint density at radius 1 is 1.25 bits per heavy atom. The molecule has 2 aromatic rings. The van der Waals surface area contributed by atoms with E-state index >= 15 is 0 Å². The molecule has 82 valence electrons. The van der Waals surface area contributed by atoms with E-state index in [1.54, 1.807) is 23.5 Å². The summed E-state index contributed by atoms with van der Waals surface area (Å²) in [4.78, 5) is 16.2. The Kier molecular flexibility index (Phi) is 2.75. The lowest BCUT2D eigenvalue weighted by Gasteiger charge is -1.99. The second-order valence-electron chi connectivity index (χ2n) is 3.53. The highest BCUT2D eigenvalue weighted by Gasteiger charge is 2.08. The van der Waals surface area contributed by atoms with Crippen LogP contribution in [-0.2, 0) is 0 Å². The van der Waals surface area contributed by atoms with Crippen LogP contribution in [0.15, 0.2) is 24.3 Å². The Bertz CT molecular complexity index is 528. The van der Waals surface area contributed by atoms with Crippen LogP contribution < -0.4 is 0 Å². The molecule has 4 heteroatoms. The molecule has 1 N–H and O–H groups in total. The van der Waals surface area contributed by atoms with Gasteiger partial charge in [0.1, 0.15) is 0 Å². The van der Waals surface area contributed by atoms with Crippen LogP contribution in [0.2, 0.25) is 0 Å². The number of hydrogen-bond acceptors (Lipinski definition) is 3. The van der Waals surface area contributed by atoms with Gasteiger partial charge in [-0.2, -0.15) is 0 Å². The molecule has 0 bridgehead atoms. The summed E-state index contributed by atoms with van der Waals surface area (Å²) in [6, 6.07) is 6.88. The summed E-state index contributed by atoms with van der Waals surface area (Å²) >= 11 is 1.62. The molecular weight excluding hydrogens is 222 g/mol. The smallest absolute Gasteiger partial charge is 0.335 e. The standard InChI is InChI=1S/C12H11NO2S/c1-7-11(16-8(2)13-7)9-3-5-10(6-4-9)12(14)15/h3-6H,1-2H3,(H,14,15). The van der Waals surface area contributed by atoms with Crippen molar-refractivity contribution in [1.29, 1.82) is 0 Å². The summed E-state index contributed by atoms with van der Waals surface area (Å²) < 4.78 is 0. The molecular formula is C12H11NO2S. The molecule has 1 aromatic carbocycles. The number of carboxylic acids is 1. The number of benzene rings is 1. The molecule has 1 aromatic heterocycles. The van der Waals surface area contributed by atoms with E-state index < -0.39 is 5.97 Å². The van der Waals surface area contributed by atoms with Gasteiger partial charge in [0.15, 0.2) is 0 Å². The SMILES string of the molecule is Cc1nc(C)c(-c2ccc(C(=O)O)cc2)s1. The maximum atomic E-state index is 10.7. The van der Waals surface area contributed by atoms with E-state index in [1.807, 2.05) is 26.0 Å². The Balaban J connectivity index is 2.42. The van der Waals surface area contributed by atoms with E-state index in [9.17, 15) is 4.79 Å². The van der Waals surface area contributed by atoms with Gasteiger partial charge in [0.05, 0.1) is 21.1 Å². The molecule has 0 aliphatic heterocycles. The van der Waals surface area contributed by atoms with Gasteiger partial charge in [-0.3, -0.25) is 0 Å². The predicted molar refractivity (Wildman–Crippen MR) is 64.0 cm³/mol. The second kappa shape index (κ2) is 4.06. The van der Waals surface area contributed by atoms with E-state index in [0.717, 1.165) is 21.1 Å². The lowest BCUT2D eigenvalue weighted by molar-refractivity contribution is 0.0697. The maximum Gasteiger partial charge on any atom is 0.335 e. The highest BCUT2D eigenvalue weighted by atomic mass is 32.1. The Morgan fingerprint density at radius 3 is 2.31 bits per heavy atom. The van der Waals surface area contributed by atoms with E-state index in [0.29, 0.717) is 5.56 Å². The third kappa shape index (κ3) is 1.97. The van der Waals surface area contributed by atoms with Crippen molar-refractivity contribution < 1.29 is 9.90 Å². The van der Waals surface area contributed by atoms with Crippen molar-refractivity contribution in [3.05, 3.63) is 40.5 Å². The quantitative estimate of drug-likeness (QED) is 0.867. The number of hydrogen-bond donors (Lipinski definition) is 1.